The van der Waals surface area contributed by atoms with Crippen LogP contribution in [0.3, 0.4) is 0 Å². The van der Waals surface area contributed by atoms with Gasteiger partial charge in [-0.1, -0.05) is 12.1 Å². The van der Waals surface area contributed by atoms with Gasteiger partial charge in [-0.2, -0.15) is 0 Å². The maximum atomic E-state index is 12.9. The van der Waals surface area contributed by atoms with E-state index < -0.39 is 0 Å². The summed E-state index contributed by atoms with van der Waals surface area (Å²) in [4.78, 5) is 14.0. The van der Waals surface area contributed by atoms with Gasteiger partial charge in [0, 0.05) is 11.0 Å². The minimum atomic E-state index is -0.278. The summed E-state index contributed by atoms with van der Waals surface area (Å²) in [6, 6.07) is 6.52. The molecule has 0 spiro atoms. The first kappa shape index (κ1) is 15.2. The fourth-order valence-electron chi connectivity index (χ4n) is 2.97. The lowest BCUT2D eigenvalue weighted by molar-refractivity contribution is -0.119. The van der Waals surface area contributed by atoms with Crippen LogP contribution in [-0.4, -0.2) is 29.8 Å². The van der Waals surface area contributed by atoms with Gasteiger partial charge in [-0.25, -0.2) is 4.39 Å². The molecule has 1 aromatic carbocycles. The van der Waals surface area contributed by atoms with Crippen LogP contribution >= 0.6 is 0 Å². The Morgan fingerprint density at radius 1 is 1.20 bits per heavy atom. The summed E-state index contributed by atoms with van der Waals surface area (Å²) >= 11 is 0. The van der Waals surface area contributed by atoms with Crippen LogP contribution in [0.4, 0.5) is 4.39 Å². The van der Waals surface area contributed by atoms with Gasteiger partial charge in [0.15, 0.2) is 0 Å². The maximum absolute atomic E-state index is 12.9. The fraction of sp³-hybridized carbons (Fsp3) is 0.588. The summed E-state index contributed by atoms with van der Waals surface area (Å²) in [6.45, 7) is 8.52. The van der Waals surface area contributed by atoms with Crippen LogP contribution in [0.2, 0.25) is 0 Å². The van der Waals surface area contributed by atoms with E-state index in [1.807, 2.05) is 0 Å². The zero-order chi connectivity index (χ0) is 14.8. The molecule has 20 heavy (non-hydrogen) atoms. The van der Waals surface area contributed by atoms with E-state index in [9.17, 15) is 9.18 Å². The normalized spacial score (nSPS) is 19.8. The van der Waals surface area contributed by atoms with Crippen molar-refractivity contribution in [1.82, 2.24) is 4.90 Å². The molecule has 1 aliphatic heterocycles. The van der Waals surface area contributed by atoms with Crippen molar-refractivity contribution in [2.24, 2.45) is 5.41 Å². The highest BCUT2D eigenvalue weighted by Crippen LogP contribution is 2.35. The smallest absolute Gasteiger partial charge is 0.126 e. The van der Waals surface area contributed by atoms with E-state index in [1.54, 1.807) is 12.1 Å². The Morgan fingerprint density at radius 3 is 2.20 bits per heavy atom. The minimum absolute atomic E-state index is 0.158. The van der Waals surface area contributed by atoms with Crippen molar-refractivity contribution in [2.75, 3.05) is 13.1 Å². The third-order valence-corrected chi connectivity index (χ3v) is 4.43. The highest BCUT2D eigenvalue weighted by molar-refractivity contribution is 5.60. The number of hydrogen-bond acceptors (Lipinski definition) is 2. The van der Waals surface area contributed by atoms with Gasteiger partial charge in [0.05, 0.1) is 0 Å². The van der Waals surface area contributed by atoms with E-state index in [1.165, 1.54) is 12.1 Å². The topological polar surface area (TPSA) is 20.3 Å². The van der Waals surface area contributed by atoms with Crippen molar-refractivity contribution in [3.05, 3.63) is 35.6 Å². The number of piperidine rings is 1. The largest absolute Gasteiger partial charge is 0.303 e. The molecule has 1 aromatic rings. The molecular weight excluding hydrogens is 253 g/mol. The number of carbonyl (C=O) groups excluding carboxylic acids is 1. The molecule has 110 valence electrons. The predicted octanol–water partition coefficient (Wildman–Crippen LogP) is 3.45. The molecule has 1 heterocycles. The Kier molecular flexibility index (Phi) is 4.28. The third-order valence-electron chi connectivity index (χ3n) is 4.43. The Morgan fingerprint density at radius 2 is 1.75 bits per heavy atom. The van der Waals surface area contributed by atoms with Crippen LogP contribution in [0, 0.1) is 11.2 Å². The lowest BCUT2D eigenvalue weighted by Gasteiger charge is -2.44. The molecule has 1 fully saturated rings. The molecule has 0 atom stereocenters. The highest BCUT2D eigenvalue weighted by atomic mass is 19.1. The highest BCUT2D eigenvalue weighted by Gasteiger charge is 2.37. The van der Waals surface area contributed by atoms with Crippen LogP contribution < -0.4 is 0 Å². The van der Waals surface area contributed by atoms with E-state index in [0.29, 0.717) is 0 Å². The molecule has 1 aliphatic rings. The van der Waals surface area contributed by atoms with Crippen LogP contribution in [-0.2, 0) is 11.2 Å². The van der Waals surface area contributed by atoms with Gasteiger partial charge in [0.2, 0.25) is 0 Å². The van der Waals surface area contributed by atoms with Gasteiger partial charge in [0.1, 0.15) is 12.1 Å². The number of carbonyl (C=O) groups is 1. The summed E-state index contributed by atoms with van der Waals surface area (Å²) in [7, 11) is 0. The van der Waals surface area contributed by atoms with Crippen LogP contribution in [0.1, 0.15) is 39.2 Å². The average Bonchev–Trinajstić information content (AvgIpc) is 2.41. The monoisotopic (exact) mass is 277 g/mol. The van der Waals surface area contributed by atoms with Gasteiger partial charge >= 0.3 is 0 Å². The van der Waals surface area contributed by atoms with E-state index in [0.717, 1.165) is 44.2 Å². The van der Waals surface area contributed by atoms with E-state index in [-0.39, 0.29) is 16.8 Å². The van der Waals surface area contributed by atoms with Crippen LogP contribution in [0.25, 0.3) is 0 Å². The predicted molar refractivity (Wildman–Crippen MR) is 79.2 cm³/mol. The zero-order valence-corrected chi connectivity index (χ0v) is 12.7. The van der Waals surface area contributed by atoms with Gasteiger partial charge in [-0.05, 0) is 70.8 Å². The molecule has 0 saturated carbocycles. The molecule has 0 unspecified atom stereocenters. The molecular formula is C17H24FNO. The van der Waals surface area contributed by atoms with Crippen molar-refractivity contribution in [2.45, 2.75) is 45.6 Å². The Bertz CT molecular complexity index is 453. The van der Waals surface area contributed by atoms with Crippen LogP contribution in [0.15, 0.2) is 24.3 Å². The quantitative estimate of drug-likeness (QED) is 0.789. The lowest BCUT2D eigenvalue weighted by Crippen LogP contribution is -2.50. The number of halogens is 1. The standard InChI is InChI=1S/C17H24FNO/c1-16(2,3)19-10-8-17(13-20,9-11-19)12-14-4-6-15(18)7-5-14/h4-7,13H,8-12H2,1-3H3. The van der Waals surface area contributed by atoms with E-state index >= 15 is 0 Å². The summed E-state index contributed by atoms with van der Waals surface area (Å²) < 4.78 is 12.9. The Hall–Kier alpha value is -1.22. The molecule has 0 aliphatic carbocycles. The Balaban J connectivity index is 2.05. The first-order chi connectivity index (χ1) is 9.35. The number of hydrogen-bond donors (Lipinski definition) is 0. The summed E-state index contributed by atoms with van der Waals surface area (Å²) in [6.07, 6.45) is 3.60. The maximum Gasteiger partial charge on any atom is 0.126 e. The second-order valence-electron chi connectivity index (χ2n) is 6.94. The van der Waals surface area contributed by atoms with Gasteiger partial charge < -0.3 is 4.79 Å². The molecule has 2 nitrogen and oxygen atoms in total. The zero-order valence-electron chi connectivity index (χ0n) is 12.7. The fourth-order valence-corrected chi connectivity index (χ4v) is 2.97. The minimum Gasteiger partial charge on any atom is -0.303 e. The summed E-state index contributed by atoms with van der Waals surface area (Å²) in [5.41, 5.74) is 0.924. The molecule has 0 aromatic heterocycles. The molecule has 2 rings (SSSR count). The lowest BCUT2D eigenvalue weighted by atomic mass is 9.74. The number of likely N-dealkylation sites (tertiary alicyclic amines) is 1. The number of rotatable bonds is 3. The second kappa shape index (κ2) is 5.65. The van der Waals surface area contributed by atoms with Crippen LogP contribution in [0.5, 0.6) is 0 Å². The summed E-state index contributed by atoms with van der Waals surface area (Å²) in [5, 5.41) is 0. The molecule has 1 saturated heterocycles. The third kappa shape index (κ3) is 3.45. The van der Waals surface area contributed by atoms with Crippen molar-refractivity contribution in [3.63, 3.8) is 0 Å². The number of nitrogens with zero attached hydrogens (tertiary/aromatic N) is 1. The SMILES string of the molecule is CC(C)(C)N1CCC(C=O)(Cc2ccc(F)cc2)CC1. The summed E-state index contributed by atoms with van der Waals surface area (Å²) in [5.74, 6) is -0.226. The van der Waals surface area contributed by atoms with Gasteiger partial charge in [0.25, 0.3) is 0 Å². The van der Waals surface area contributed by atoms with Crippen molar-refractivity contribution >= 4 is 6.29 Å². The van der Waals surface area contributed by atoms with Gasteiger partial charge in [-0.15, -0.1) is 0 Å². The van der Waals surface area contributed by atoms with Gasteiger partial charge in [-0.3, -0.25) is 4.90 Å². The van der Waals surface area contributed by atoms with E-state index in [2.05, 4.69) is 25.7 Å². The average molecular weight is 277 g/mol. The van der Waals surface area contributed by atoms with E-state index in [4.69, 9.17) is 0 Å². The number of aldehydes is 1. The first-order valence-electron chi connectivity index (χ1n) is 7.31. The molecule has 0 amide bonds. The Labute approximate surface area is 121 Å². The molecule has 3 heteroatoms. The molecule has 0 bridgehead atoms. The second-order valence-corrected chi connectivity index (χ2v) is 6.94. The molecule has 0 radical (unpaired) electrons. The van der Waals surface area contributed by atoms with Crippen molar-refractivity contribution in [1.29, 1.82) is 0 Å². The first-order valence-corrected chi connectivity index (χ1v) is 7.31. The van der Waals surface area contributed by atoms with Crippen molar-refractivity contribution in [3.8, 4) is 0 Å². The molecule has 0 N–H and O–H groups in total. The number of benzene rings is 1. The van der Waals surface area contributed by atoms with Crippen molar-refractivity contribution < 1.29 is 9.18 Å².